The predicted octanol–water partition coefficient (Wildman–Crippen LogP) is 2.59. The van der Waals surface area contributed by atoms with Gasteiger partial charge in [-0.05, 0) is 35.7 Å². The summed E-state index contributed by atoms with van der Waals surface area (Å²) in [5.41, 5.74) is 4.22. The highest BCUT2D eigenvalue weighted by Gasteiger charge is 2.14. The molecule has 0 atom stereocenters. The van der Waals surface area contributed by atoms with Crippen LogP contribution in [-0.4, -0.2) is 18.0 Å². The second kappa shape index (κ2) is 5.83. The molecule has 1 aromatic heterocycles. The molecule has 1 aliphatic rings. The highest BCUT2D eigenvalue weighted by atomic mass is 16.5. The first-order chi connectivity index (χ1) is 10.2. The van der Waals surface area contributed by atoms with E-state index in [0.717, 1.165) is 23.4 Å². The van der Waals surface area contributed by atoms with Crippen molar-refractivity contribution in [3.8, 4) is 5.88 Å². The van der Waals surface area contributed by atoms with Crippen molar-refractivity contribution in [3.63, 3.8) is 0 Å². The summed E-state index contributed by atoms with van der Waals surface area (Å²) in [5, 5.41) is 6.25. The minimum atomic E-state index is 0.0903. The first kappa shape index (κ1) is 13.4. The molecule has 21 heavy (non-hydrogen) atoms. The summed E-state index contributed by atoms with van der Waals surface area (Å²) >= 11 is 0. The van der Waals surface area contributed by atoms with Crippen LogP contribution in [0.4, 0.5) is 11.4 Å². The number of carbonyl (C=O) groups is 1. The molecule has 0 aliphatic carbocycles. The number of nitrogens with one attached hydrogen (secondary N) is 2. The van der Waals surface area contributed by atoms with Crippen LogP contribution in [0.25, 0.3) is 0 Å². The van der Waals surface area contributed by atoms with Gasteiger partial charge in [-0.3, -0.25) is 4.79 Å². The summed E-state index contributed by atoms with van der Waals surface area (Å²) in [6, 6.07) is 9.84. The Kier molecular flexibility index (Phi) is 3.73. The Balaban J connectivity index is 1.66. The van der Waals surface area contributed by atoms with E-state index in [1.54, 1.807) is 13.3 Å². The van der Waals surface area contributed by atoms with Crippen molar-refractivity contribution in [2.45, 2.75) is 19.4 Å². The quantitative estimate of drug-likeness (QED) is 0.905. The van der Waals surface area contributed by atoms with Gasteiger partial charge >= 0.3 is 0 Å². The second-order valence-electron chi connectivity index (χ2n) is 4.98. The van der Waals surface area contributed by atoms with Gasteiger partial charge in [-0.1, -0.05) is 6.07 Å². The number of hydrogen-bond donors (Lipinski definition) is 2. The Morgan fingerprint density at radius 1 is 1.29 bits per heavy atom. The zero-order chi connectivity index (χ0) is 14.7. The number of aryl methyl sites for hydroxylation is 1. The molecule has 0 saturated carbocycles. The van der Waals surface area contributed by atoms with Crippen LogP contribution in [0, 0.1) is 0 Å². The topological polar surface area (TPSA) is 63.2 Å². The maximum atomic E-state index is 11.3. The predicted molar refractivity (Wildman–Crippen MR) is 81.5 cm³/mol. The van der Waals surface area contributed by atoms with Crippen molar-refractivity contribution in [2.75, 3.05) is 17.7 Å². The normalized spacial score (nSPS) is 13.3. The van der Waals surface area contributed by atoms with Crippen LogP contribution in [0.15, 0.2) is 36.5 Å². The van der Waals surface area contributed by atoms with Crippen LogP contribution in [0.2, 0.25) is 0 Å². The Morgan fingerprint density at radius 2 is 2.19 bits per heavy atom. The van der Waals surface area contributed by atoms with Gasteiger partial charge in [0.05, 0.1) is 7.11 Å². The molecule has 0 bridgehead atoms. The molecule has 1 aromatic carbocycles. The van der Waals surface area contributed by atoms with Crippen LogP contribution >= 0.6 is 0 Å². The lowest BCUT2D eigenvalue weighted by atomic mass is 10.0. The van der Waals surface area contributed by atoms with Gasteiger partial charge in [0.15, 0.2) is 0 Å². The second-order valence-corrected chi connectivity index (χ2v) is 4.98. The van der Waals surface area contributed by atoms with Crippen LogP contribution in [0.1, 0.15) is 17.5 Å². The first-order valence-corrected chi connectivity index (χ1v) is 6.90. The summed E-state index contributed by atoms with van der Waals surface area (Å²) in [6.07, 6.45) is 3.14. The van der Waals surface area contributed by atoms with E-state index in [1.807, 2.05) is 24.3 Å². The number of rotatable bonds is 4. The number of pyridine rings is 1. The Labute approximate surface area is 123 Å². The first-order valence-electron chi connectivity index (χ1n) is 6.90. The lowest BCUT2D eigenvalue weighted by Gasteiger charge is -2.18. The van der Waals surface area contributed by atoms with Crippen molar-refractivity contribution < 1.29 is 9.53 Å². The molecule has 1 amide bonds. The molecule has 0 fully saturated rings. The van der Waals surface area contributed by atoms with Gasteiger partial charge < -0.3 is 15.4 Å². The number of fused-ring (bicyclic) bond motifs is 1. The van der Waals surface area contributed by atoms with Crippen LogP contribution < -0.4 is 15.4 Å². The van der Waals surface area contributed by atoms with Crippen LogP contribution in [-0.2, 0) is 17.8 Å². The van der Waals surface area contributed by atoms with Crippen molar-refractivity contribution >= 4 is 17.3 Å². The smallest absolute Gasteiger partial charge is 0.224 e. The number of amides is 1. The molecule has 1 aliphatic heterocycles. The molecule has 3 rings (SSSR count). The van der Waals surface area contributed by atoms with E-state index >= 15 is 0 Å². The van der Waals surface area contributed by atoms with Crippen LogP contribution in [0.3, 0.4) is 0 Å². The SMILES string of the molecule is COc1ccc(CNc2ccc3c(c2)CCC(=O)N3)cn1. The molecule has 0 saturated heterocycles. The van der Waals surface area contributed by atoms with Gasteiger partial charge in [0.25, 0.3) is 0 Å². The number of aromatic nitrogens is 1. The molecule has 0 spiro atoms. The standard InChI is InChI=1S/C16H17N3O2/c1-21-16-7-2-11(10-18-16)9-17-13-4-5-14-12(8-13)3-6-15(20)19-14/h2,4-5,7-8,10,17H,3,6,9H2,1H3,(H,19,20). The number of benzene rings is 1. The van der Waals surface area contributed by atoms with Gasteiger partial charge in [0, 0.05) is 36.6 Å². The molecule has 5 heteroatoms. The summed E-state index contributed by atoms with van der Waals surface area (Å²) in [6.45, 7) is 0.697. The molecule has 2 aromatic rings. The number of anilines is 2. The third-order valence-corrected chi connectivity index (χ3v) is 3.50. The van der Waals surface area contributed by atoms with E-state index in [2.05, 4.69) is 21.7 Å². The van der Waals surface area contributed by atoms with Gasteiger partial charge in [-0.25, -0.2) is 4.98 Å². The van der Waals surface area contributed by atoms with E-state index in [0.29, 0.717) is 18.8 Å². The van der Waals surface area contributed by atoms with E-state index in [9.17, 15) is 4.79 Å². The largest absolute Gasteiger partial charge is 0.481 e. The number of carbonyl (C=O) groups excluding carboxylic acids is 1. The Bertz CT molecular complexity index is 653. The Hall–Kier alpha value is -2.56. The van der Waals surface area contributed by atoms with Gasteiger partial charge in [-0.15, -0.1) is 0 Å². The zero-order valence-electron chi connectivity index (χ0n) is 11.8. The minimum Gasteiger partial charge on any atom is -0.481 e. The van der Waals surface area contributed by atoms with E-state index in [1.165, 1.54) is 5.56 Å². The zero-order valence-corrected chi connectivity index (χ0v) is 11.8. The van der Waals surface area contributed by atoms with E-state index in [4.69, 9.17) is 4.74 Å². The molecule has 5 nitrogen and oxygen atoms in total. The summed E-state index contributed by atoms with van der Waals surface area (Å²) in [4.78, 5) is 15.5. The highest BCUT2D eigenvalue weighted by Crippen LogP contribution is 2.25. The lowest BCUT2D eigenvalue weighted by Crippen LogP contribution is -2.18. The minimum absolute atomic E-state index is 0.0903. The van der Waals surface area contributed by atoms with Crippen molar-refractivity contribution in [1.29, 1.82) is 0 Å². The fraction of sp³-hybridized carbons (Fsp3) is 0.250. The summed E-state index contributed by atoms with van der Waals surface area (Å²) in [5.74, 6) is 0.704. The fourth-order valence-electron chi connectivity index (χ4n) is 2.33. The fourth-order valence-corrected chi connectivity index (χ4v) is 2.33. The summed E-state index contributed by atoms with van der Waals surface area (Å²) < 4.78 is 5.04. The van der Waals surface area contributed by atoms with Crippen LogP contribution in [0.5, 0.6) is 5.88 Å². The molecular weight excluding hydrogens is 266 g/mol. The molecule has 0 radical (unpaired) electrons. The van der Waals surface area contributed by atoms with Crippen molar-refractivity contribution in [2.24, 2.45) is 0 Å². The summed E-state index contributed by atoms with van der Waals surface area (Å²) in [7, 11) is 1.60. The maximum absolute atomic E-state index is 11.3. The van der Waals surface area contributed by atoms with Crippen molar-refractivity contribution in [3.05, 3.63) is 47.7 Å². The van der Waals surface area contributed by atoms with Crippen molar-refractivity contribution in [1.82, 2.24) is 4.98 Å². The van der Waals surface area contributed by atoms with Gasteiger partial charge in [0.2, 0.25) is 11.8 Å². The molecule has 0 unspecified atom stereocenters. The third-order valence-electron chi connectivity index (χ3n) is 3.50. The Morgan fingerprint density at radius 3 is 2.95 bits per heavy atom. The number of methoxy groups -OCH3 is 1. The highest BCUT2D eigenvalue weighted by molar-refractivity contribution is 5.94. The monoisotopic (exact) mass is 283 g/mol. The third kappa shape index (κ3) is 3.13. The average Bonchev–Trinajstić information content (AvgIpc) is 2.53. The van der Waals surface area contributed by atoms with Gasteiger partial charge in [-0.2, -0.15) is 0 Å². The average molecular weight is 283 g/mol. The van der Waals surface area contributed by atoms with E-state index < -0.39 is 0 Å². The molecule has 2 heterocycles. The van der Waals surface area contributed by atoms with E-state index in [-0.39, 0.29) is 5.91 Å². The number of ether oxygens (including phenoxy) is 1. The lowest BCUT2D eigenvalue weighted by molar-refractivity contribution is -0.116. The maximum Gasteiger partial charge on any atom is 0.224 e. The van der Waals surface area contributed by atoms with Gasteiger partial charge in [0.1, 0.15) is 0 Å². The molecule has 2 N–H and O–H groups in total. The number of nitrogens with zero attached hydrogens (tertiary/aromatic N) is 1. The molecular formula is C16H17N3O2. The molecule has 108 valence electrons. The number of hydrogen-bond acceptors (Lipinski definition) is 4.